The number of allylic oxidation sites excluding steroid dienone is 1. The molecule has 0 bridgehead atoms. The van der Waals surface area contributed by atoms with Gasteiger partial charge in [-0.2, -0.15) is 4.98 Å². The summed E-state index contributed by atoms with van der Waals surface area (Å²) in [6.45, 7) is 8.00. The van der Waals surface area contributed by atoms with Gasteiger partial charge in [0.15, 0.2) is 5.60 Å². The Labute approximate surface area is 349 Å². The first-order valence-corrected chi connectivity index (χ1v) is 22.0. The number of hydrogen-bond donors (Lipinski definition) is 3. The number of sulfonamides is 1. The van der Waals surface area contributed by atoms with Crippen LogP contribution < -0.4 is 29.6 Å². The average Bonchev–Trinajstić information content (AvgIpc) is 4.06. The van der Waals surface area contributed by atoms with Gasteiger partial charge in [0.2, 0.25) is 33.6 Å². The summed E-state index contributed by atoms with van der Waals surface area (Å²) in [6.07, 6.45) is 4.52. The Hall–Kier alpha value is -4.74. The largest absolute Gasteiger partial charge is 0.497 e. The van der Waals surface area contributed by atoms with Crippen molar-refractivity contribution in [1.29, 1.82) is 0 Å². The van der Waals surface area contributed by atoms with Crippen molar-refractivity contribution in [2.45, 2.75) is 133 Å². The summed E-state index contributed by atoms with van der Waals surface area (Å²) in [7, 11) is -1.09. The zero-order valence-electron chi connectivity index (χ0n) is 35.4. The number of methoxy groups -OCH3 is 2. The number of halogens is 2. The molecule has 2 aliphatic heterocycles. The van der Waals surface area contributed by atoms with Gasteiger partial charge in [-0.3, -0.25) is 19.1 Å². The first-order chi connectivity index (χ1) is 28.1. The third kappa shape index (κ3) is 9.12. The van der Waals surface area contributed by atoms with Gasteiger partial charge in [-0.15, -0.1) is 0 Å². The molecule has 3 N–H and O–H groups in total. The molecule has 1 aromatic heterocycles. The van der Waals surface area contributed by atoms with E-state index in [9.17, 15) is 31.6 Å². The Balaban J connectivity index is 1.39. The number of alkyl carbamates (subject to hydrolysis) is 1. The molecule has 2 saturated carbocycles. The fraction of sp³-hybridized carbons (Fsp3) is 0.643. The van der Waals surface area contributed by atoms with Gasteiger partial charge in [-0.05, 0) is 94.7 Å². The number of fused-ring (bicyclic) bond motifs is 3. The number of hydrogen-bond acceptors (Lipinski definition) is 11. The van der Waals surface area contributed by atoms with Crippen LogP contribution in [-0.4, -0.2) is 103 Å². The van der Waals surface area contributed by atoms with Crippen LogP contribution in [0.5, 0.6) is 17.5 Å². The highest BCUT2D eigenvalue weighted by Gasteiger charge is 2.63. The zero-order valence-corrected chi connectivity index (χ0v) is 36.2. The molecule has 7 atom stereocenters. The van der Waals surface area contributed by atoms with E-state index in [-0.39, 0.29) is 37.1 Å². The Morgan fingerprint density at radius 1 is 1.08 bits per heavy atom. The van der Waals surface area contributed by atoms with E-state index in [2.05, 4.69) is 20.3 Å². The third-order valence-corrected chi connectivity index (χ3v) is 14.9. The first-order valence-electron chi connectivity index (χ1n) is 20.5. The second kappa shape index (κ2) is 16.6. The van der Waals surface area contributed by atoms with Gasteiger partial charge < -0.3 is 34.5 Å². The van der Waals surface area contributed by atoms with Crippen molar-refractivity contribution in [2.75, 3.05) is 20.8 Å². The van der Waals surface area contributed by atoms with E-state index in [1.54, 1.807) is 31.2 Å². The molecule has 330 valence electrons. The van der Waals surface area contributed by atoms with E-state index < -0.39 is 85.7 Å². The van der Waals surface area contributed by atoms with Crippen LogP contribution in [0, 0.1) is 17.8 Å². The highest BCUT2D eigenvalue weighted by Crippen LogP contribution is 2.48. The van der Waals surface area contributed by atoms with Crippen LogP contribution in [0.2, 0.25) is 0 Å². The number of carbonyl (C=O) groups is 4. The number of nitrogens with zero attached hydrogens (tertiary/aromatic N) is 2. The van der Waals surface area contributed by atoms with Gasteiger partial charge in [-0.25, -0.2) is 22.0 Å². The molecule has 1 saturated heterocycles. The second-order valence-corrected chi connectivity index (χ2v) is 19.8. The van der Waals surface area contributed by atoms with Crippen LogP contribution in [0.4, 0.5) is 13.6 Å². The van der Waals surface area contributed by atoms with Crippen molar-refractivity contribution in [1.82, 2.24) is 25.2 Å². The Morgan fingerprint density at radius 3 is 2.43 bits per heavy atom. The summed E-state index contributed by atoms with van der Waals surface area (Å²) in [6, 6.07) is 4.34. The lowest BCUT2D eigenvalue weighted by molar-refractivity contribution is -0.152. The normalized spacial score (nSPS) is 28.3. The van der Waals surface area contributed by atoms with Crippen molar-refractivity contribution < 1.29 is 55.3 Å². The maximum atomic E-state index is 15.0. The highest BCUT2D eigenvalue weighted by molar-refractivity contribution is 7.91. The molecule has 15 nitrogen and oxygen atoms in total. The molecule has 4 aliphatic rings. The van der Waals surface area contributed by atoms with E-state index in [1.165, 1.54) is 19.1 Å². The minimum Gasteiger partial charge on any atom is -0.497 e. The molecule has 3 fully saturated rings. The summed E-state index contributed by atoms with van der Waals surface area (Å²) < 4.78 is 79.2. The third-order valence-electron chi connectivity index (χ3n) is 12.8. The lowest BCUT2D eigenvalue weighted by atomic mass is 9.85. The molecular formula is C42H57F2N5O10S. The lowest BCUT2D eigenvalue weighted by Crippen LogP contribution is -2.60. The summed E-state index contributed by atoms with van der Waals surface area (Å²) in [5.74, 6) is -5.80. The molecule has 60 heavy (non-hydrogen) atoms. The van der Waals surface area contributed by atoms with E-state index >= 15 is 4.79 Å². The first kappa shape index (κ1) is 44.8. The predicted molar refractivity (Wildman–Crippen MR) is 217 cm³/mol. The predicted octanol–water partition coefficient (Wildman–Crippen LogP) is 5.40. The Bertz CT molecular complexity index is 2140. The number of amides is 4. The molecule has 1 aromatic carbocycles. The van der Waals surface area contributed by atoms with Gasteiger partial charge in [0.05, 0.1) is 25.5 Å². The van der Waals surface area contributed by atoms with Gasteiger partial charge in [0.1, 0.15) is 29.5 Å². The Morgan fingerprint density at radius 2 is 1.80 bits per heavy atom. The van der Waals surface area contributed by atoms with Crippen LogP contribution in [0.1, 0.15) is 92.9 Å². The number of alkyl halides is 2. The van der Waals surface area contributed by atoms with Crippen molar-refractivity contribution in [3.05, 3.63) is 36.4 Å². The average molecular weight is 862 g/mol. The maximum Gasteiger partial charge on any atom is 0.408 e. The van der Waals surface area contributed by atoms with Crippen molar-refractivity contribution in [2.24, 2.45) is 17.8 Å². The van der Waals surface area contributed by atoms with E-state index in [0.29, 0.717) is 62.0 Å². The molecule has 6 rings (SSSR count). The van der Waals surface area contributed by atoms with E-state index in [0.717, 1.165) is 13.8 Å². The Kier molecular flexibility index (Phi) is 12.4. The van der Waals surface area contributed by atoms with E-state index in [4.69, 9.17) is 18.9 Å². The smallest absolute Gasteiger partial charge is 0.408 e. The molecular weight excluding hydrogens is 805 g/mol. The molecule has 7 unspecified atom stereocenters. The summed E-state index contributed by atoms with van der Waals surface area (Å²) in [4.78, 5) is 62.9. The molecule has 0 radical (unpaired) electrons. The summed E-state index contributed by atoms with van der Waals surface area (Å²) in [5.41, 5.74) is -3.85. The molecule has 3 heterocycles. The van der Waals surface area contributed by atoms with Gasteiger partial charge in [-0.1, -0.05) is 32.4 Å². The van der Waals surface area contributed by atoms with Gasteiger partial charge in [0.25, 0.3) is 11.8 Å². The van der Waals surface area contributed by atoms with Crippen LogP contribution in [0.3, 0.4) is 0 Å². The van der Waals surface area contributed by atoms with Gasteiger partial charge >= 0.3 is 6.09 Å². The minimum atomic E-state index is -4.07. The topological polar surface area (TPSA) is 192 Å². The standard InChI is InChI=1S/C42H57F2N5O10S/c1-9-25-18-24(2)12-10-11-13-27-22-42(27,37(52)48-60(54,55)40(5)16-17-40)47-34(50)31-21-29(58-35-30-15-14-28(56-7)19-26(30)20-32(45-35)57-8)23-49(31)36(51)33(25)46-38(53)59-39(3,4)41(6,43)44/h11,13-15,19-20,24-25,27,29,31,33H,9-10,12,16-18,21-23H2,1-8H3,(H,46,53)(H,47,50)(H,48,52). The lowest BCUT2D eigenvalue weighted by Gasteiger charge is -2.35. The maximum absolute atomic E-state index is 15.0. The number of benzene rings is 1. The quantitative estimate of drug-likeness (QED) is 0.245. The number of nitrogens with one attached hydrogen (secondary N) is 3. The zero-order chi connectivity index (χ0) is 44.0. The summed E-state index contributed by atoms with van der Waals surface area (Å²) in [5, 5.41) is 6.71. The highest BCUT2D eigenvalue weighted by atomic mass is 32.2. The van der Waals surface area contributed by atoms with Crippen LogP contribution >= 0.6 is 0 Å². The number of aromatic nitrogens is 1. The number of pyridine rings is 1. The number of carbonyl (C=O) groups excluding carboxylic acids is 4. The number of rotatable bonds is 11. The van der Waals surface area contributed by atoms with Gasteiger partial charge in [0, 0.05) is 30.7 Å². The van der Waals surface area contributed by atoms with Crippen molar-refractivity contribution in [3.63, 3.8) is 0 Å². The molecule has 2 aromatic rings. The minimum absolute atomic E-state index is 0.0159. The van der Waals surface area contributed by atoms with E-state index in [1.807, 2.05) is 26.0 Å². The van der Waals surface area contributed by atoms with Crippen LogP contribution in [-0.2, 0) is 29.1 Å². The van der Waals surface area contributed by atoms with Crippen LogP contribution in [0.25, 0.3) is 10.8 Å². The molecule has 4 amide bonds. The van der Waals surface area contributed by atoms with Crippen molar-refractivity contribution >= 4 is 44.6 Å². The second-order valence-electron chi connectivity index (χ2n) is 17.6. The fourth-order valence-corrected chi connectivity index (χ4v) is 9.26. The fourth-order valence-electron chi connectivity index (χ4n) is 7.95. The summed E-state index contributed by atoms with van der Waals surface area (Å²) >= 11 is 0. The number of ether oxygens (including phenoxy) is 4. The van der Waals surface area contributed by atoms with Crippen LogP contribution in [0.15, 0.2) is 36.4 Å². The molecule has 18 heteroatoms. The SMILES string of the molecule is CCC1CC(C)CCC=CC2CC2(C(=O)NS(=O)(=O)C2(C)CC2)NC(=O)C2CC(Oc3nc(OC)cc4cc(OC)ccc34)CN2C(=O)C1NC(=O)OC(C)(C)C(C)(F)F. The monoisotopic (exact) mass is 861 g/mol. The van der Waals surface area contributed by atoms with Crippen molar-refractivity contribution in [3.8, 4) is 17.5 Å². The molecule has 2 aliphatic carbocycles. The molecule has 0 spiro atoms.